The van der Waals surface area contributed by atoms with Crippen molar-refractivity contribution in [1.29, 1.82) is 5.26 Å². The monoisotopic (exact) mass is 190 g/mol. The van der Waals surface area contributed by atoms with Gasteiger partial charge in [-0.15, -0.1) is 0 Å². The fourth-order valence-corrected chi connectivity index (χ4v) is 1.55. The summed E-state index contributed by atoms with van der Waals surface area (Å²) in [4.78, 5) is 3.09. The summed E-state index contributed by atoms with van der Waals surface area (Å²) in [5.74, 6) is 0. The molecule has 1 N–H and O–H groups in total. The third-order valence-electron chi connectivity index (χ3n) is 2.00. The zero-order chi connectivity index (χ0) is 9.26. The summed E-state index contributed by atoms with van der Waals surface area (Å²) in [7, 11) is 0. The Morgan fingerprint density at radius 3 is 3.08 bits per heavy atom. The Balaban J connectivity index is 2.66. The lowest BCUT2D eigenvalue weighted by molar-refractivity contribution is 1.28. The smallest absolute Gasteiger partial charge is 0.0670 e. The summed E-state index contributed by atoms with van der Waals surface area (Å²) in [6.45, 7) is 0. The van der Waals surface area contributed by atoms with Crippen LogP contribution in [0.2, 0.25) is 5.02 Å². The number of rotatable bonds is 1. The first-order chi connectivity index (χ1) is 6.31. The van der Waals surface area contributed by atoms with Gasteiger partial charge in [-0.05, 0) is 23.8 Å². The van der Waals surface area contributed by atoms with E-state index < -0.39 is 0 Å². The van der Waals surface area contributed by atoms with E-state index in [-0.39, 0.29) is 0 Å². The van der Waals surface area contributed by atoms with E-state index >= 15 is 0 Å². The minimum Gasteiger partial charge on any atom is -0.361 e. The molecule has 64 valence electrons. The number of nitrogens with zero attached hydrogens (tertiary/aromatic N) is 1. The largest absolute Gasteiger partial charge is 0.361 e. The predicted molar refractivity (Wildman–Crippen MR) is 52.6 cm³/mol. The van der Waals surface area contributed by atoms with Crippen molar-refractivity contribution in [3.8, 4) is 6.07 Å². The maximum Gasteiger partial charge on any atom is 0.0670 e. The number of H-pyrrole nitrogens is 1. The highest BCUT2D eigenvalue weighted by molar-refractivity contribution is 6.31. The molecule has 3 heteroatoms. The van der Waals surface area contributed by atoms with Gasteiger partial charge in [0.1, 0.15) is 0 Å². The number of halogens is 1. The molecule has 1 aromatic heterocycles. The first-order valence-electron chi connectivity index (χ1n) is 3.94. The number of hydrogen-bond acceptors (Lipinski definition) is 1. The Bertz CT molecular complexity index is 479. The van der Waals surface area contributed by atoms with E-state index in [0.717, 1.165) is 16.5 Å². The summed E-state index contributed by atoms with van der Waals surface area (Å²) in [5, 5.41) is 10.3. The highest BCUT2D eigenvalue weighted by Gasteiger charge is 2.02. The molecule has 0 atom stereocenters. The molecular weight excluding hydrogens is 184 g/mol. The van der Waals surface area contributed by atoms with Gasteiger partial charge in [-0.25, -0.2) is 0 Å². The molecule has 13 heavy (non-hydrogen) atoms. The third kappa shape index (κ3) is 1.39. The minimum atomic E-state index is 0.417. The Hall–Kier alpha value is -1.46. The van der Waals surface area contributed by atoms with Crippen molar-refractivity contribution in [2.24, 2.45) is 0 Å². The van der Waals surface area contributed by atoms with E-state index in [1.807, 2.05) is 24.4 Å². The number of hydrogen-bond donors (Lipinski definition) is 1. The molecule has 0 unspecified atom stereocenters. The molecule has 1 aromatic carbocycles. The van der Waals surface area contributed by atoms with Crippen LogP contribution in [0.3, 0.4) is 0 Å². The Labute approximate surface area is 80.7 Å². The zero-order valence-corrected chi connectivity index (χ0v) is 7.60. The molecule has 0 radical (unpaired) electrons. The van der Waals surface area contributed by atoms with Crippen LogP contribution in [0.1, 0.15) is 5.56 Å². The van der Waals surface area contributed by atoms with E-state index in [9.17, 15) is 0 Å². The molecule has 2 aromatic rings. The van der Waals surface area contributed by atoms with E-state index in [4.69, 9.17) is 16.9 Å². The van der Waals surface area contributed by atoms with Gasteiger partial charge in [-0.1, -0.05) is 11.6 Å². The van der Waals surface area contributed by atoms with E-state index in [1.54, 1.807) is 0 Å². The van der Waals surface area contributed by atoms with Gasteiger partial charge in [-0.2, -0.15) is 5.26 Å². The average Bonchev–Trinajstić information content (AvgIpc) is 2.49. The van der Waals surface area contributed by atoms with Crippen LogP contribution in [0.25, 0.3) is 10.9 Å². The highest BCUT2D eigenvalue weighted by atomic mass is 35.5. The topological polar surface area (TPSA) is 39.6 Å². The number of aromatic amines is 1. The van der Waals surface area contributed by atoms with Gasteiger partial charge in [0.2, 0.25) is 0 Å². The molecular formula is C10H7ClN2. The summed E-state index contributed by atoms with van der Waals surface area (Å²) >= 11 is 5.85. The summed E-state index contributed by atoms with van der Waals surface area (Å²) in [5.41, 5.74) is 2.02. The molecule has 2 nitrogen and oxygen atoms in total. The van der Waals surface area contributed by atoms with Gasteiger partial charge in [-0.3, -0.25) is 0 Å². The number of nitriles is 1. The second-order valence-corrected chi connectivity index (χ2v) is 3.28. The first kappa shape index (κ1) is 8.15. The molecule has 0 bridgehead atoms. The summed E-state index contributed by atoms with van der Waals surface area (Å²) in [6, 6.07) is 7.74. The van der Waals surface area contributed by atoms with E-state index in [0.29, 0.717) is 11.4 Å². The van der Waals surface area contributed by atoms with Crippen LogP contribution < -0.4 is 0 Å². The molecule has 2 rings (SSSR count). The minimum absolute atomic E-state index is 0.417. The molecule has 0 aliphatic heterocycles. The number of aromatic nitrogens is 1. The standard InChI is InChI=1S/C10H7ClN2/c11-8-1-2-10-9(5-8)7(3-4-12)6-13-10/h1-2,5-6,13H,3H2. The normalized spacial score (nSPS) is 10.2. The number of nitrogens with one attached hydrogen (secondary N) is 1. The molecule has 0 amide bonds. The molecule has 0 fully saturated rings. The first-order valence-corrected chi connectivity index (χ1v) is 4.31. The maximum absolute atomic E-state index is 8.57. The zero-order valence-electron chi connectivity index (χ0n) is 6.84. The van der Waals surface area contributed by atoms with Crippen LogP contribution >= 0.6 is 11.6 Å². The summed E-state index contributed by atoms with van der Waals surface area (Å²) in [6.07, 6.45) is 2.27. The Morgan fingerprint density at radius 2 is 2.31 bits per heavy atom. The second-order valence-electron chi connectivity index (χ2n) is 2.84. The Kier molecular flexibility index (Phi) is 1.96. The van der Waals surface area contributed by atoms with E-state index in [1.165, 1.54) is 0 Å². The van der Waals surface area contributed by atoms with Crippen molar-refractivity contribution in [1.82, 2.24) is 4.98 Å². The third-order valence-corrected chi connectivity index (χ3v) is 2.23. The van der Waals surface area contributed by atoms with Gasteiger partial charge in [0, 0.05) is 22.1 Å². The van der Waals surface area contributed by atoms with Crippen molar-refractivity contribution < 1.29 is 0 Å². The van der Waals surface area contributed by atoms with Gasteiger partial charge >= 0.3 is 0 Å². The number of fused-ring (bicyclic) bond motifs is 1. The van der Waals surface area contributed by atoms with Crippen LogP contribution in [0, 0.1) is 11.3 Å². The lowest BCUT2D eigenvalue weighted by Gasteiger charge is -1.93. The van der Waals surface area contributed by atoms with Crippen LogP contribution in [-0.2, 0) is 6.42 Å². The van der Waals surface area contributed by atoms with Crippen LogP contribution in [0.5, 0.6) is 0 Å². The Morgan fingerprint density at radius 1 is 1.46 bits per heavy atom. The fourth-order valence-electron chi connectivity index (χ4n) is 1.38. The molecule has 1 heterocycles. The fraction of sp³-hybridized carbons (Fsp3) is 0.100. The van der Waals surface area contributed by atoms with Crippen LogP contribution in [0.15, 0.2) is 24.4 Å². The van der Waals surface area contributed by atoms with Crippen molar-refractivity contribution >= 4 is 22.5 Å². The summed E-state index contributed by atoms with van der Waals surface area (Å²) < 4.78 is 0. The lowest BCUT2D eigenvalue weighted by Crippen LogP contribution is -1.76. The second kappa shape index (κ2) is 3.12. The van der Waals surface area contributed by atoms with Gasteiger partial charge in [0.05, 0.1) is 12.5 Å². The quantitative estimate of drug-likeness (QED) is 0.738. The van der Waals surface area contributed by atoms with Crippen LogP contribution in [-0.4, -0.2) is 4.98 Å². The molecule has 0 spiro atoms. The van der Waals surface area contributed by atoms with Crippen molar-refractivity contribution in [2.75, 3.05) is 0 Å². The SMILES string of the molecule is N#CCc1c[nH]c2ccc(Cl)cc12. The van der Waals surface area contributed by atoms with Crippen molar-refractivity contribution in [3.05, 3.63) is 35.0 Å². The van der Waals surface area contributed by atoms with Gasteiger partial charge in [0.25, 0.3) is 0 Å². The lowest BCUT2D eigenvalue weighted by atomic mass is 10.1. The highest BCUT2D eigenvalue weighted by Crippen LogP contribution is 2.22. The molecule has 0 saturated carbocycles. The molecule has 0 aliphatic carbocycles. The molecule has 0 saturated heterocycles. The van der Waals surface area contributed by atoms with Crippen molar-refractivity contribution in [3.63, 3.8) is 0 Å². The van der Waals surface area contributed by atoms with E-state index in [2.05, 4.69) is 11.1 Å². The predicted octanol–water partition coefficient (Wildman–Crippen LogP) is 2.89. The molecule has 0 aliphatic rings. The average molecular weight is 191 g/mol. The maximum atomic E-state index is 8.57. The van der Waals surface area contributed by atoms with Crippen molar-refractivity contribution in [2.45, 2.75) is 6.42 Å². The van der Waals surface area contributed by atoms with Crippen LogP contribution in [0.4, 0.5) is 0 Å². The van der Waals surface area contributed by atoms with Gasteiger partial charge in [0.15, 0.2) is 0 Å². The number of benzene rings is 1. The van der Waals surface area contributed by atoms with Gasteiger partial charge < -0.3 is 4.98 Å².